The molecule has 4 rings (SSSR count). The Hall–Kier alpha value is -2.86. The lowest BCUT2D eigenvalue weighted by molar-refractivity contribution is -0.138. The van der Waals surface area contributed by atoms with Crippen LogP contribution in [0.1, 0.15) is 42.4 Å². The molecule has 1 aliphatic rings. The summed E-state index contributed by atoms with van der Waals surface area (Å²) in [6.45, 7) is 4.78. The summed E-state index contributed by atoms with van der Waals surface area (Å²) in [5.41, 5.74) is 0.837. The monoisotopic (exact) mass is 443 g/mol. The van der Waals surface area contributed by atoms with Crippen molar-refractivity contribution in [2.45, 2.75) is 38.3 Å². The van der Waals surface area contributed by atoms with Gasteiger partial charge in [0.15, 0.2) is 0 Å². The van der Waals surface area contributed by atoms with Gasteiger partial charge in [-0.05, 0) is 65.7 Å². The molecule has 0 radical (unpaired) electrons. The lowest BCUT2D eigenvalue weighted by atomic mass is 9.87. The van der Waals surface area contributed by atoms with Gasteiger partial charge in [-0.2, -0.15) is 13.2 Å². The average Bonchev–Trinajstić information content (AvgIpc) is 3.26. The minimum absolute atomic E-state index is 0.146. The van der Waals surface area contributed by atoms with E-state index in [4.69, 9.17) is 5.11 Å². The summed E-state index contributed by atoms with van der Waals surface area (Å²) in [6, 6.07) is 19.7. The van der Waals surface area contributed by atoms with E-state index in [9.17, 15) is 18.0 Å². The number of carbonyl (C=O) groups is 1. The predicted molar refractivity (Wildman–Crippen MR) is 121 cm³/mol. The first-order valence-electron chi connectivity index (χ1n) is 10.8. The molecule has 0 aliphatic carbocycles. The second kappa shape index (κ2) is 10.6. The third-order valence-electron chi connectivity index (χ3n) is 5.81. The van der Waals surface area contributed by atoms with E-state index in [1.165, 1.54) is 54.4 Å². The number of benzene rings is 3. The van der Waals surface area contributed by atoms with E-state index in [1.807, 2.05) is 0 Å². The minimum atomic E-state index is -4.42. The van der Waals surface area contributed by atoms with Gasteiger partial charge in [-0.1, -0.05) is 67.6 Å². The number of hydrogen-bond acceptors (Lipinski definition) is 2. The molecule has 1 saturated heterocycles. The van der Waals surface area contributed by atoms with Gasteiger partial charge in [0.05, 0.1) is 12.0 Å². The highest BCUT2D eigenvalue weighted by Crippen LogP contribution is 2.31. The molecule has 0 saturated carbocycles. The van der Waals surface area contributed by atoms with E-state index in [1.54, 1.807) is 0 Å². The van der Waals surface area contributed by atoms with Crippen LogP contribution in [0.5, 0.6) is 0 Å². The summed E-state index contributed by atoms with van der Waals surface area (Å²) in [5, 5.41) is 14.6. The van der Waals surface area contributed by atoms with Crippen molar-refractivity contribution in [3.8, 4) is 0 Å². The smallest absolute Gasteiger partial charge is 0.416 e. The molecule has 3 aromatic rings. The van der Waals surface area contributed by atoms with E-state index >= 15 is 0 Å². The average molecular weight is 444 g/mol. The maximum Gasteiger partial charge on any atom is 0.416 e. The maximum absolute atomic E-state index is 12.2. The van der Waals surface area contributed by atoms with Crippen LogP contribution in [0.15, 0.2) is 66.7 Å². The highest BCUT2D eigenvalue weighted by atomic mass is 19.4. The highest BCUT2D eigenvalue weighted by Gasteiger charge is 2.30. The lowest BCUT2D eigenvalue weighted by Gasteiger charge is -2.18. The topological polar surface area (TPSA) is 49.3 Å². The Bertz CT molecular complexity index is 1040. The van der Waals surface area contributed by atoms with E-state index in [0.29, 0.717) is 5.92 Å². The molecular formula is C26H28F3NO2. The Balaban J connectivity index is 0.000000188. The van der Waals surface area contributed by atoms with Crippen molar-refractivity contribution in [3.63, 3.8) is 0 Å². The zero-order valence-corrected chi connectivity index (χ0v) is 18.0. The van der Waals surface area contributed by atoms with Gasteiger partial charge in [-0.3, -0.25) is 4.79 Å². The van der Waals surface area contributed by atoms with Crippen molar-refractivity contribution in [1.82, 2.24) is 5.32 Å². The van der Waals surface area contributed by atoms with Crippen LogP contribution in [-0.2, 0) is 17.4 Å². The van der Waals surface area contributed by atoms with Crippen LogP contribution in [0.4, 0.5) is 13.2 Å². The lowest BCUT2D eigenvalue weighted by Crippen LogP contribution is -2.11. The van der Waals surface area contributed by atoms with Crippen LogP contribution in [-0.4, -0.2) is 24.2 Å². The molecule has 32 heavy (non-hydrogen) atoms. The van der Waals surface area contributed by atoms with E-state index < -0.39 is 24.1 Å². The number of hydrogen-bond donors (Lipinski definition) is 2. The number of nitrogens with one attached hydrogen (secondary N) is 1. The van der Waals surface area contributed by atoms with Crippen molar-refractivity contribution in [3.05, 3.63) is 83.4 Å². The third kappa shape index (κ3) is 6.57. The number of rotatable bonds is 5. The van der Waals surface area contributed by atoms with E-state index in [0.717, 1.165) is 18.1 Å². The molecule has 0 spiro atoms. The van der Waals surface area contributed by atoms with Crippen LogP contribution in [0.2, 0.25) is 0 Å². The maximum atomic E-state index is 12.2. The van der Waals surface area contributed by atoms with Crippen molar-refractivity contribution in [2.75, 3.05) is 13.1 Å². The molecule has 0 unspecified atom stereocenters. The summed E-state index contributed by atoms with van der Waals surface area (Å²) < 4.78 is 36.5. The Morgan fingerprint density at radius 2 is 1.81 bits per heavy atom. The van der Waals surface area contributed by atoms with Gasteiger partial charge in [-0.15, -0.1) is 0 Å². The van der Waals surface area contributed by atoms with Gasteiger partial charge < -0.3 is 10.4 Å². The summed E-state index contributed by atoms with van der Waals surface area (Å²) in [5.74, 6) is 0.365. The first-order valence-corrected chi connectivity index (χ1v) is 10.8. The number of aliphatic carboxylic acids is 1. The SMILES string of the molecule is C[C@@H](C[C@H]1CCNC1)c1cccc2ccccc12.O=C(O)Cc1cccc(C(F)(F)F)c1. The number of carboxylic acids is 1. The van der Waals surface area contributed by atoms with Crippen LogP contribution in [0, 0.1) is 5.92 Å². The van der Waals surface area contributed by atoms with Gasteiger partial charge in [0.25, 0.3) is 0 Å². The summed E-state index contributed by atoms with van der Waals surface area (Å²) in [4.78, 5) is 10.2. The molecule has 2 N–H and O–H groups in total. The predicted octanol–water partition coefficient (Wildman–Crippen LogP) is 6.28. The number of halogens is 3. The fourth-order valence-corrected chi connectivity index (χ4v) is 4.26. The quantitative estimate of drug-likeness (QED) is 0.488. The van der Waals surface area contributed by atoms with Gasteiger partial charge in [-0.25, -0.2) is 0 Å². The Morgan fingerprint density at radius 1 is 1.09 bits per heavy atom. The summed E-state index contributed by atoms with van der Waals surface area (Å²) in [7, 11) is 0. The van der Waals surface area contributed by atoms with Crippen molar-refractivity contribution in [1.29, 1.82) is 0 Å². The molecule has 3 aromatic carbocycles. The molecule has 3 nitrogen and oxygen atoms in total. The first-order chi connectivity index (χ1) is 15.2. The molecule has 2 atom stereocenters. The van der Waals surface area contributed by atoms with Gasteiger partial charge in [0.1, 0.15) is 0 Å². The van der Waals surface area contributed by atoms with E-state index in [-0.39, 0.29) is 5.56 Å². The second-order valence-electron chi connectivity index (χ2n) is 8.33. The van der Waals surface area contributed by atoms with Crippen LogP contribution in [0.25, 0.3) is 10.8 Å². The molecule has 0 aromatic heterocycles. The summed E-state index contributed by atoms with van der Waals surface area (Å²) >= 11 is 0. The Morgan fingerprint density at radius 3 is 2.50 bits per heavy atom. The molecule has 0 bridgehead atoms. The number of fused-ring (bicyclic) bond motifs is 1. The molecule has 170 valence electrons. The van der Waals surface area contributed by atoms with Crippen molar-refractivity contribution >= 4 is 16.7 Å². The fourth-order valence-electron chi connectivity index (χ4n) is 4.26. The largest absolute Gasteiger partial charge is 0.481 e. The minimum Gasteiger partial charge on any atom is -0.481 e. The van der Waals surface area contributed by atoms with Crippen LogP contribution in [0.3, 0.4) is 0 Å². The number of alkyl halides is 3. The van der Waals surface area contributed by atoms with Crippen molar-refractivity contribution < 1.29 is 23.1 Å². The van der Waals surface area contributed by atoms with Gasteiger partial charge in [0, 0.05) is 0 Å². The molecule has 0 amide bonds. The third-order valence-corrected chi connectivity index (χ3v) is 5.81. The van der Waals surface area contributed by atoms with Crippen LogP contribution >= 0.6 is 0 Å². The fraction of sp³-hybridized carbons (Fsp3) is 0.346. The van der Waals surface area contributed by atoms with Gasteiger partial charge >= 0.3 is 12.1 Å². The standard InChI is InChI=1S/C17H21N.C9H7F3O2/c1-13(11-14-9-10-18-12-14)16-8-4-6-15-5-2-3-7-17(15)16;10-9(11,12)7-3-1-2-6(4-7)5-8(13)14/h2-8,13-14,18H,9-12H2,1H3;1-4H,5H2,(H,13,14)/t13-,14+;/m0./s1. The zero-order chi connectivity index (χ0) is 23.1. The first kappa shape index (κ1) is 23.8. The van der Waals surface area contributed by atoms with Crippen LogP contribution < -0.4 is 5.32 Å². The Labute approximate surface area is 186 Å². The molecule has 6 heteroatoms. The molecule has 1 fully saturated rings. The van der Waals surface area contributed by atoms with Gasteiger partial charge in [0.2, 0.25) is 0 Å². The highest BCUT2D eigenvalue weighted by molar-refractivity contribution is 5.86. The Kier molecular flexibility index (Phi) is 7.91. The summed E-state index contributed by atoms with van der Waals surface area (Å²) in [6.07, 6.45) is -2.17. The molecule has 1 heterocycles. The van der Waals surface area contributed by atoms with E-state index in [2.05, 4.69) is 54.7 Å². The molecule has 1 aliphatic heterocycles. The number of carboxylic acid groups (broad SMARTS) is 1. The normalized spacial score (nSPS) is 16.9. The zero-order valence-electron chi connectivity index (χ0n) is 18.0. The van der Waals surface area contributed by atoms with Crippen molar-refractivity contribution in [2.24, 2.45) is 5.92 Å². The molecular weight excluding hydrogens is 415 g/mol. The second-order valence-corrected chi connectivity index (χ2v) is 8.33.